The summed E-state index contributed by atoms with van der Waals surface area (Å²) in [5, 5.41) is 3.34. The zero-order valence-electron chi connectivity index (χ0n) is 26.9. The summed E-state index contributed by atoms with van der Waals surface area (Å²) in [6.45, 7) is 10.9. The van der Waals surface area contributed by atoms with Gasteiger partial charge in [-0.2, -0.15) is 0 Å². The van der Waals surface area contributed by atoms with Crippen molar-refractivity contribution in [1.29, 1.82) is 0 Å². The average molecular weight is 591 g/mol. The zero-order chi connectivity index (χ0) is 30.9. The minimum Gasteiger partial charge on any atom is -0.342 e. The Morgan fingerprint density at radius 3 is 2.41 bits per heavy atom. The van der Waals surface area contributed by atoms with Gasteiger partial charge >= 0.3 is 0 Å². The molecule has 2 fully saturated rings. The van der Waals surface area contributed by atoms with Crippen molar-refractivity contribution in [2.45, 2.75) is 72.8 Å². The number of carbonyl (C=O) groups is 1. The quantitative estimate of drug-likeness (QED) is 0.160. The number of nitrogens with one attached hydrogen (secondary N) is 3. The van der Waals surface area contributed by atoms with Crippen molar-refractivity contribution in [1.82, 2.24) is 30.2 Å². The van der Waals surface area contributed by atoms with Crippen molar-refractivity contribution in [3.63, 3.8) is 0 Å². The number of benzene rings is 2. The summed E-state index contributed by atoms with van der Waals surface area (Å²) in [4.78, 5) is 31.8. The van der Waals surface area contributed by atoms with E-state index >= 15 is 0 Å². The van der Waals surface area contributed by atoms with Gasteiger partial charge in [-0.25, -0.2) is 9.97 Å². The second kappa shape index (κ2) is 12.2. The molecule has 0 spiro atoms. The van der Waals surface area contributed by atoms with E-state index in [0.717, 1.165) is 64.6 Å². The Balaban J connectivity index is 1.10. The number of imidazole rings is 2. The number of hydrogen-bond donors (Lipinski definition) is 3. The third-order valence-corrected chi connectivity index (χ3v) is 9.83. The van der Waals surface area contributed by atoms with E-state index in [1.807, 2.05) is 43.3 Å². The SMILES string of the molecule is CNCC1(CCc2ncc(-c3ccc(C#Cc4ccc5nc(CN(CC6(C)CC6)C(=O)C(C)C(C)C)[nH]c5c4)cc3)[nH]2)CC1. The first-order chi connectivity index (χ1) is 21.1. The number of rotatable bonds is 12. The van der Waals surface area contributed by atoms with Crippen molar-refractivity contribution in [2.24, 2.45) is 22.7 Å². The molecule has 7 nitrogen and oxygen atoms in total. The van der Waals surface area contributed by atoms with Crippen LogP contribution in [0.2, 0.25) is 0 Å². The Morgan fingerprint density at radius 1 is 1.00 bits per heavy atom. The van der Waals surface area contributed by atoms with E-state index in [4.69, 9.17) is 4.98 Å². The van der Waals surface area contributed by atoms with Crippen LogP contribution in [-0.4, -0.2) is 50.9 Å². The molecule has 2 aromatic heterocycles. The molecular weight excluding hydrogens is 544 g/mol. The van der Waals surface area contributed by atoms with Gasteiger partial charge in [0.15, 0.2) is 0 Å². The summed E-state index contributed by atoms with van der Waals surface area (Å²) in [6.07, 6.45) is 9.10. The Morgan fingerprint density at radius 2 is 1.73 bits per heavy atom. The lowest BCUT2D eigenvalue weighted by Gasteiger charge is -2.29. The third-order valence-electron chi connectivity index (χ3n) is 9.83. The van der Waals surface area contributed by atoms with Gasteiger partial charge in [0.2, 0.25) is 5.91 Å². The van der Waals surface area contributed by atoms with Crippen LogP contribution in [-0.2, 0) is 17.8 Å². The number of aromatic nitrogens is 4. The van der Waals surface area contributed by atoms with Gasteiger partial charge in [-0.15, -0.1) is 0 Å². The molecule has 4 aromatic rings. The Kier molecular flexibility index (Phi) is 8.39. The molecule has 0 radical (unpaired) electrons. The van der Waals surface area contributed by atoms with E-state index in [1.54, 1.807) is 0 Å². The number of hydrogen-bond acceptors (Lipinski definition) is 4. The highest BCUT2D eigenvalue weighted by Crippen LogP contribution is 2.48. The van der Waals surface area contributed by atoms with Crippen LogP contribution in [0.4, 0.5) is 0 Å². The number of nitrogens with zero attached hydrogens (tertiary/aromatic N) is 3. The van der Waals surface area contributed by atoms with Gasteiger partial charge in [0.05, 0.1) is 29.5 Å². The summed E-state index contributed by atoms with van der Waals surface area (Å²) in [7, 11) is 2.04. The summed E-state index contributed by atoms with van der Waals surface area (Å²) in [5.41, 5.74) is 6.60. The van der Waals surface area contributed by atoms with Gasteiger partial charge in [0, 0.05) is 36.6 Å². The number of H-pyrrole nitrogens is 2. The largest absolute Gasteiger partial charge is 0.342 e. The highest BCUT2D eigenvalue weighted by Gasteiger charge is 2.42. The molecule has 1 amide bonds. The highest BCUT2D eigenvalue weighted by atomic mass is 16.2. The first-order valence-electron chi connectivity index (χ1n) is 16.2. The summed E-state index contributed by atoms with van der Waals surface area (Å²) < 4.78 is 0. The fraction of sp³-hybridized carbons (Fsp3) is 0.486. The molecule has 2 aliphatic rings. The Labute approximate surface area is 261 Å². The van der Waals surface area contributed by atoms with Crippen molar-refractivity contribution >= 4 is 16.9 Å². The van der Waals surface area contributed by atoms with Gasteiger partial charge < -0.3 is 20.2 Å². The fourth-order valence-corrected chi connectivity index (χ4v) is 5.98. The summed E-state index contributed by atoms with van der Waals surface area (Å²) in [6, 6.07) is 14.4. The van der Waals surface area contributed by atoms with Crippen LogP contribution in [0, 0.1) is 34.5 Å². The normalized spacial score (nSPS) is 16.9. The van der Waals surface area contributed by atoms with Crippen LogP contribution in [0.1, 0.15) is 82.6 Å². The lowest BCUT2D eigenvalue weighted by atomic mass is 9.96. The van der Waals surface area contributed by atoms with E-state index in [9.17, 15) is 4.79 Å². The molecule has 1 unspecified atom stereocenters. The average Bonchev–Trinajstić information content (AvgIpc) is 3.83. The zero-order valence-corrected chi connectivity index (χ0v) is 26.9. The molecule has 1 atom stereocenters. The molecular formula is C37H46N6O. The molecule has 2 aromatic carbocycles. The minimum absolute atomic E-state index is 0.0113. The number of aryl methyl sites for hydroxylation is 1. The molecule has 0 bridgehead atoms. The molecule has 2 saturated carbocycles. The van der Waals surface area contributed by atoms with Crippen molar-refractivity contribution in [2.75, 3.05) is 20.1 Å². The molecule has 0 aliphatic heterocycles. The molecule has 7 heteroatoms. The number of aromatic amines is 2. The lowest BCUT2D eigenvalue weighted by Crippen LogP contribution is -2.40. The van der Waals surface area contributed by atoms with Crippen LogP contribution in [0.25, 0.3) is 22.3 Å². The van der Waals surface area contributed by atoms with Crippen LogP contribution < -0.4 is 5.32 Å². The van der Waals surface area contributed by atoms with E-state index in [0.29, 0.717) is 17.9 Å². The first kappa shape index (κ1) is 30.1. The number of amides is 1. The van der Waals surface area contributed by atoms with Crippen molar-refractivity contribution in [3.05, 3.63) is 71.4 Å². The van der Waals surface area contributed by atoms with Gasteiger partial charge in [-0.1, -0.05) is 51.7 Å². The van der Waals surface area contributed by atoms with Crippen LogP contribution in [0.3, 0.4) is 0 Å². The lowest BCUT2D eigenvalue weighted by molar-refractivity contribution is -0.138. The predicted molar refractivity (Wildman–Crippen MR) is 177 cm³/mol. The molecule has 2 aliphatic carbocycles. The maximum Gasteiger partial charge on any atom is 0.226 e. The van der Waals surface area contributed by atoms with Crippen LogP contribution in [0.5, 0.6) is 0 Å². The van der Waals surface area contributed by atoms with E-state index in [2.05, 4.69) is 77.1 Å². The second-order valence-corrected chi connectivity index (χ2v) is 14.1. The molecule has 230 valence electrons. The minimum atomic E-state index is -0.0113. The van der Waals surface area contributed by atoms with Gasteiger partial charge in [0.1, 0.15) is 11.6 Å². The van der Waals surface area contributed by atoms with Crippen molar-refractivity contribution in [3.8, 4) is 23.1 Å². The molecule has 0 saturated heterocycles. The highest BCUT2D eigenvalue weighted by molar-refractivity contribution is 5.79. The fourth-order valence-electron chi connectivity index (χ4n) is 5.98. The van der Waals surface area contributed by atoms with Gasteiger partial charge in [-0.3, -0.25) is 4.79 Å². The summed E-state index contributed by atoms with van der Waals surface area (Å²) in [5.74, 6) is 9.01. The maximum atomic E-state index is 13.3. The predicted octanol–water partition coefficient (Wildman–Crippen LogP) is 6.71. The van der Waals surface area contributed by atoms with Gasteiger partial charge in [-0.05, 0) is 91.8 Å². The van der Waals surface area contributed by atoms with Gasteiger partial charge in [0.25, 0.3) is 0 Å². The Bertz CT molecular complexity index is 1680. The van der Waals surface area contributed by atoms with Crippen molar-refractivity contribution < 1.29 is 4.79 Å². The maximum absolute atomic E-state index is 13.3. The van der Waals surface area contributed by atoms with E-state index in [1.165, 1.54) is 32.1 Å². The number of carbonyl (C=O) groups excluding carboxylic acids is 1. The first-order valence-corrected chi connectivity index (χ1v) is 16.2. The standard InChI is InChI=1S/C37H46N6O/c1-25(2)26(3)35(44)43(24-36(4)16-17-36)22-34-40-30-13-10-28(20-31(30)41-34)7-6-27-8-11-29(12-9-27)32-21-39-33(42-32)14-15-37(18-19-37)23-38-5/h8-13,20-21,25-26,38H,14-19,22-24H2,1-5H3,(H,39,42)(H,40,41). The topological polar surface area (TPSA) is 89.7 Å². The number of fused-ring (bicyclic) bond motifs is 1. The van der Waals surface area contributed by atoms with Crippen LogP contribution >= 0.6 is 0 Å². The second-order valence-electron chi connectivity index (χ2n) is 14.1. The monoisotopic (exact) mass is 590 g/mol. The molecule has 6 rings (SSSR count). The van der Waals surface area contributed by atoms with E-state index < -0.39 is 0 Å². The molecule has 44 heavy (non-hydrogen) atoms. The van der Waals surface area contributed by atoms with E-state index in [-0.39, 0.29) is 17.2 Å². The van der Waals surface area contributed by atoms with Crippen LogP contribution in [0.15, 0.2) is 48.7 Å². The summed E-state index contributed by atoms with van der Waals surface area (Å²) >= 11 is 0. The Hall–Kier alpha value is -3.89. The third kappa shape index (κ3) is 7.08. The smallest absolute Gasteiger partial charge is 0.226 e. The molecule has 3 N–H and O–H groups in total. The molecule has 2 heterocycles.